The molecule has 0 fully saturated rings. The molecule has 0 spiro atoms. The molecule has 0 saturated carbocycles. The highest BCUT2D eigenvalue weighted by molar-refractivity contribution is 7.07. The maximum Gasteiger partial charge on any atom is 0.307 e. The third-order valence-electron chi connectivity index (χ3n) is 4.68. The van der Waals surface area contributed by atoms with Gasteiger partial charge in [-0.05, 0) is 23.5 Å². The summed E-state index contributed by atoms with van der Waals surface area (Å²) in [5.74, 6) is 0.515. The van der Waals surface area contributed by atoms with E-state index < -0.39 is 0 Å². The quantitative estimate of drug-likeness (QED) is 0.687. The maximum absolute atomic E-state index is 12.3. The second kappa shape index (κ2) is 8.14. The lowest BCUT2D eigenvalue weighted by atomic mass is 9.87. The van der Waals surface area contributed by atoms with Crippen molar-refractivity contribution in [1.82, 2.24) is 14.3 Å². The average Bonchev–Trinajstić information content (AvgIpc) is 3.19. The predicted octanol–water partition coefficient (Wildman–Crippen LogP) is 3.79. The van der Waals surface area contributed by atoms with E-state index >= 15 is 0 Å². The molecule has 3 aromatic rings. The van der Waals surface area contributed by atoms with Crippen LogP contribution in [0.1, 0.15) is 44.0 Å². The van der Waals surface area contributed by atoms with E-state index in [0.717, 1.165) is 22.6 Å². The van der Waals surface area contributed by atoms with Crippen LogP contribution in [0.3, 0.4) is 0 Å². The lowest BCUT2D eigenvalue weighted by Crippen LogP contribution is -2.21. The van der Waals surface area contributed by atoms with Gasteiger partial charge >= 0.3 is 4.87 Å². The molecule has 0 aliphatic heterocycles. The van der Waals surface area contributed by atoms with Crippen molar-refractivity contribution in [2.75, 3.05) is 5.32 Å². The van der Waals surface area contributed by atoms with Crippen molar-refractivity contribution in [2.45, 2.75) is 52.6 Å². The molecule has 1 N–H and O–H groups in total. The van der Waals surface area contributed by atoms with E-state index in [1.165, 1.54) is 5.56 Å². The minimum atomic E-state index is -0.137. The molecule has 0 radical (unpaired) electrons. The summed E-state index contributed by atoms with van der Waals surface area (Å²) in [6, 6.07) is 10.2. The summed E-state index contributed by atoms with van der Waals surface area (Å²) < 4.78 is 3.39. The van der Waals surface area contributed by atoms with Gasteiger partial charge in [0, 0.05) is 30.1 Å². The highest BCUT2D eigenvalue weighted by Gasteiger charge is 2.14. The first-order valence-corrected chi connectivity index (χ1v) is 10.2. The Labute approximate surface area is 168 Å². The first-order valence-electron chi connectivity index (χ1n) is 9.30. The van der Waals surface area contributed by atoms with Gasteiger partial charge in [0.15, 0.2) is 0 Å². The van der Waals surface area contributed by atoms with Crippen molar-refractivity contribution in [2.24, 2.45) is 0 Å². The minimum Gasteiger partial charge on any atom is -0.311 e. The Hall–Kier alpha value is -2.67. The molecule has 0 aliphatic carbocycles. The molecular formula is C21H26N4O2S. The SMILES string of the molecule is Cc1csc(=O)n1CCC(=O)Nc1ccnn1Cc1ccc(C(C)(C)C)cc1. The standard InChI is InChI=1S/C21H26N4O2S/c1-15-14-28-20(27)24(15)12-10-19(26)23-18-9-11-22-25(18)13-16-5-7-17(8-6-16)21(2,3)4/h5-9,11,14H,10,12-13H2,1-4H3,(H,23,26). The van der Waals surface area contributed by atoms with Gasteiger partial charge in [0.1, 0.15) is 5.82 Å². The highest BCUT2D eigenvalue weighted by Crippen LogP contribution is 2.22. The van der Waals surface area contributed by atoms with E-state index in [4.69, 9.17) is 0 Å². The smallest absolute Gasteiger partial charge is 0.307 e. The molecule has 7 heteroatoms. The van der Waals surface area contributed by atoms with Crippen molar-refractivity contribution in [3.63, 3.8) is 0 Å². The molecule has 0 atom stereocenters. The molecule has 0 bridgehead atoms. The second-order valence-corrected chi connectivity index (χ2v) is 8.73. The van der Waals surface area contributed by atoms with E-state index in [1.54, 1.807) is 26.9 Å². The molecule has 3 rings (SSSR count). The van der Waals surface area contributed by atoms with Crippen molar-refractivity contribution < 1.29 is 4.79 Å². The van der Waals surface area contributed by atoms with E-state index in [9.17, 15) is 9.59 Å². The number of nitrogens with zero attached hydrogens (tertiary/aromatic N) is 3. The van der Waals surface area contributed by atoms with Gasteiger partial charge < -0.3 is 9.88 Å². The largest absolute Gasteiger partial charge is 0.311 e. The number of carbonyl (C=O) groups excluding carboxylic acids is 1. The number of nitrogens with one attached hydrogen (secondary N) is 1. The zero-order chi connectivity index (χ0) is 20.3. The Kier molecular flexibility index (Phi) is 5.84. The van der Waals surface area contributed by atoms with Gasteiger partial charge in [-0.15, -0.1) is 0 Å². The molecule has 1 aromatic carbocycles. The minimum absolute atomic E-state index is 0.0333. The summed E-state index contributed by atoms with van der Waals surface area (Å²) in [6.45, 7) is 9.40. The zero-order valence-electron chi connectivity index (χ0n) is 16.7. The van der Waals surface area contributed by atoms with Crippen LogP contribution in [0.2, 0.25) is 0 Å². The molecule has 0 unspecified atom stereocenters. The average molecular weight is 399 g/mol. The van der Waals surface area contributed by atoms with E-state index in [-0.39, 0.29) is 22.6 Å². The van der Waals surface area contributed by atoms with Crippen LogP contribution in [0.25, 0.3) is 0 Å². The Balaban J connectivity index is 1.62. The zero-order valence-corrected chi connectivity index (χ0v) is 17.5. The predicted molar refractivity (Wildman–Crippen MR) is 113 cm³/mol. The molecule has 2 aromatic heterocycles. The van der Waals surface area contributed by atoms with Crippen LogP contribution in [-0.2, 0) is 23.3 Å². The van der Waals surface area contributed by atoms with Crippen LogP contribution in [0.5, 0.6) is 0 Å². The number of amides is 1. The molecule has 6 nitrogen and oxygen atoms in total. The monoisotopic (exact) mass is 398 g/mol. The second-order valence-electron chi connectivity index (χ2n) is 7.91. The molecule has 2 heterocycles. The summed E-state index contributed by atoms with van der Waals surface area (Å²) in [4.78, 5) is 24.0. The summed E-state index contributed by atoms with van der Waals surface area (Å²) >= 11 is 1.16. The van der Waals surface area contributed by atoms with Gasteiger partial charge in [0.2, 0.25) is 5.91 Å². The number of aryl methyl sites for hydroxylation is 1. The maximum atomic E-state index is 12.3. The van der Waals surface area contributed by atoms with Gasteiger partial charge in [-0.2, -0.15) is 5.10 Å². The summed E-state index contributed by atoms with van der Waals surface area (Å²) in [5.41, 5.74) is 3.40. The number of benzene rings is 1. The first kappa shape index (κ1) is 20.1. The third kappa shape index (κ3) is 4.78. The summed E-state index contributed by atoms with van der Waals surface area (Å²) in [7, 11) is 0. The number of hydrogen-bond acceptors (Lipinski definition) is 4. The van der Waals surface area contributed by atoms with Crippen LogP contribution >= 0.6 is 11.3 Å². The molecule has 28 heavy (non-hydrogen) atoms. The Bertz CT molecular complexity index is 1010. The molecule has 0 aliphatic rings. The normalized spacial score (nSPS) is 11.6. The van der Waals surface area contributed by atoms with E-state index in [1.807, 2.05) is 6.92 Å². The van der Waals surface area contributed by atoms with E-state index in [2.05, 4.69) is 55.5 Å². The fourth-order valence-corrected chi connectivity index (χ4v) is 3.70. The fourth-order valence-electron chi connectivity index (χ4n) is 2.94. The fraction of sp³-hybridized carbons (Fsp3) is 0.381. The highest BCUT2D eigenvalue weighted by atomic mass is 32.1. The topological polar surface area (TPSA) is 68.9 Å². The van der Waals surface area contributed by atoms with Gasteiger partial charge in [-0.1, -0.05) is 56.4 Å². The van der Waals surface area contributed by atoms with Crippen LogP contribution in [0, 0.1) is 6.92 Å². The van der Waals surface area contributed by atoms with Crippen molar-refractivity contribution in [3.8, 4) is 0 Å². The van der Waals surface area contributed by atoms with Crippen LogP contribution in [0.15, 0.2) is 46.7 Å². The van der Waals surface area contributed by atoms with Crippen molar-refractivity contribution in [1.29, 1.82) is 0 Å². The van der Waals surface area contributed by atoms with Gasteiger partial charge in [0.05, 0.1) is 12.7 Å². The molecule has 1 amide bonds. The lowest BCUT2D eigenvalue weighted by molar-refractivity contribution is -0.116. The van der Waals surface area contributed by atoms with E-state index in [0.29, 0.717) is 18.9 Å². The third-order valence-corrected chi connectivity index (χ3v) is 5.56. The number of rotatable bonds is 6. The number of thiazole rings is 1. The van der Waals surface area contributed by atoms with Gasteiger partial charge in [-0.25, -0.2) is 4.68 Å². The molecule has 0 saturated heterocycles. The Morgan fingerprint density at radius 1 is 1.18 bits per heavy atom. The van der Waals surface area contributed by atoms with Gasteiger partial charge in [-0.3, -0.25) is 9.59 Å². The number of carbonyl (C=O) groups is 1. The lowest BCUT2D eigenvalue weighted by Gasteiger charge is -2.19. The van der Waals surface area contributed by atoms with Crippen molar-refractivity contribution >= 4 is 23.1 Å². The van der Waals surface area contributed by atoms with Crippen molar-refractivity contribution in [3.05, 3.63) is 68.4 Å². The van der Waals surface area contributed by atoms with Crippen LogP contribution in [-0.4, -0.2) is 20.3 Å². The molecule has 148 valence electrons. The number of aromatic nitrogens is 3. The first-order chi connectivity index (χ1) is 13.2. The van der Waals surface area contributed by atoms with Crippen LogP contribution in [0.4, 0.5) is 5.82 Å². The Morgan fingerprint density at radius 2 is 1.89 bits per heavy atom. The summed E-state index contributed by atoms with van der Waals surface area (Å²) in [6.07, 6.45) is 1.91. The Morgan fingerprint density at radius 3 is 2.50 bits per heavy atom. The number of anilines is 1. The van der Waals surface area contributed by atoms with Crippen LogP contribution < -0.4 is 10.2 Å². The number of hydrogen-bond donors (Lipinski definition) is 1. The molecular weight excluding hydrogens is 372 g/mol. The van der Waals surface area contributed by atoms with Gasteiger partial charge in [0.25, 0.3) is 0 Å². The summed E-state index contributed by atoms with van der Waals surface area (Å²) in [5, 5.41) is 9.03.